The van der Waals surface area contributed by atoms with Crippen molar-refractivity contribution >= 4 is 80.8 Å². The van der Waals surface area contributed by atoms with Crippen LogP contribution in [0.3, 0.4) is 0 Å². The lowest BCUT2D eigenvalue weighted by atomic mass is 9.98. The number of nitrogens with zero attached hydrogens (tertiary/aromatic N) is 2. The summed E-state index contributed by atoms with van der Waals surface area (Å²) in [6, 6.07) is 24.5. The molecule has 0 amide bonds. The first-order valence-electron chi connectivity index (χ1n) is 12.5. The molecule has 186 valence electrons. The largest absolute Gasteiger partial charge is 0.391 e. The molecule has 0 aliphatic carbocycles. The Morgan fingerprint density at radius 3 is 1.61 bits per heavy atom. The van der Waals surface area contributed by atoms with Gasteiger partial charge in [-0.2, -0.15) is 10.2 Å². The Kier molecular flexibility index (Phi) is 5.25. The van der Waals surface area contributed by atoms with Gasteiger partial charge in [0.15, 0.2) is 0 Å². The van der Waals surface area contributed by atoms with Gasteiger partial charge in [-0.15, -0.1) is 22.7 Å². The second-order valence-electron chi connectivity index (χ2n) is 9.62. The van der Waals surface area contributed by atoms with Crippen molar-refractivity contribution in [3.05, 3.63) is 99.5 Å². The highest BCUT2D eigenvalue weighted by Crippen LogP contribution is 2.43. The number of nitrogen functional groups attached to an aromatic ring is 1. The topological polar surface area (TPSA) is 74.8 Å². The number of nitrogens with two attached hydrogens (primary N) is 1. The third kappa shape index (κ3) is 3.43. The van der Waals surface area contributed by atoms with Crippen LogP contribution in [0.15, 0.2) is 83.0 Å². The summed E-state index contributed by atoms with van der Waals surface area (Å²) >= 11 is 3.46. The average Bonchev–Trinajstić information content (AvgIpc) is 3.64. The zero-order valence-electron chi connectivity index (χ0n) is 21.2. The first kappa shape index (κ1) is 23.0. The Labute approximate surface area is 227 Å². The molecule has 7 aromatic rings. The normalized spacial score (nSPS) is 13.0. The summed E-state index contributed by atoms with van der Waals surface area (Å²) in [5.74, 6) is 0. The zero-order chi connectivity index (χ0) is 26.0. The van der Waals surface area contributed by atoms with Crippen LogP contribution < -0.4 is 27.3 Å². The fourth-order valence-corrected chi connectivity index (χ4v) is 7.73. The Hall–Kier alpha value is -4.20. The molecule has 5 nitrogen and oxygen atoms in total. The number of anilines is 3. The number of rotatable bonds is 4. The smallest absolute Gasteiger partial charge is 0.100 e. The molecule has 0 radical (unpaired) electrons. The number of para-hydroxylation sites is 2. The summed E-state index contributed by atoms with van der Waals surface area (Å²) in [5, 5.41) is 19.8. The van der Waals surface area contributed by atoms with Crippen molar-refractivity contribution in [2.24, 2.45) is 10.2 Å². The van der Waals surface area contributed by atoms with Crippen LogP contribution in [0, 0.1) is 20.8 Å². The van der Waals surface area contributed by atoms with Crippen molar-refractivity contribution in [1.82, 2.24) is 0 Å². The maximum Gasteiger partial charge on any atom is 0.100 e. The van der Waals surface area contributed by atoms with Gasteiger partial charge in [-0.25, -0.2) is 0 Å². The molecule has 7 heteroatoms. The summed E-state index contributed by atoms with van der Waals surface area (Å²) in [7, 11) is 0. The summed E-state index contributed by atoms with van der Waals surface area (Å²) in [4.78, 5) is 1.28. The molecular weight excluding hydrogens is 507 g/mol. The van der Waals surface area contributed by atoms with E-state index in [4.69, 9.17) is 15.9 Å². The predicted molar refractivity (Wildman–Crippen MR) is 164 cm³/mol. The van der Waals surface area contributed by atoms with Crippen molar-refractivity contribution in [3.8, 4) is 0 Å². The van der Waals surface area contributed by atoms with Crippen LogP contribution in [-0.4, -0.2) is 0 Å². The van der Waals surface area contributed by atoms with Crippen LogP contribution in [-0.2, 0) is 0 Å². The third-order valence-corrected chi connectivity index (χ3v) is 9.24. The molecule has 2 aromatic heterocycles. The molecule has 2 heterocycles. The third-order valence-electron chi connectivity index (χ3n) is 7.19. The van der Waals surface area contributed by atoms with Crippen molar-refractivity contribution in [1.29, 1.82) is 0 Å². The van der Waals surface area contributed by atoms with Gasteiger partial charge in [-0.05, 0) is 68.3 Å². The summed E-state index contributed by atoms with van der Waals surface area (Å²) < 4.78 is 2.45. The van der Waals surface area contributed by atoms with Gasteiger partial charge < -0.3 is 5.73 Å². The molecule has 38 heavy (non-hydrogen) atoms. The highest BCUT2D eigenvalue weighted by molar-refractivity contribution is 7.23. The Morgan fingerprint density at radius 1 is 0.605 bits per heavy atom. The molecule has 0 fully saturated rings. The van der Waals surface area contributed by atoms with E-state index in [0.29, 0.717) is 0 Å². The van der Waals surface area contributed by atoms with E-state index in [-0.39, 0.29) is 0 Å². The Morgan fingerprint density at radius 2 is 1.08 bits per heavy atom. The lowest BCUT2D eigenvalue weighted by Crippen LogP contribution is -2.07. The van der Waals surface area contributed by atoms with Crippen LogP contribution in [0.4, 0.5) is 16.4 Å². The monoisotopic (exact) mass is 531 g/mol. The summed E-state index contributed by atoms with van der Waals surface area (Å²) in [6.45, 7) is 6.60. The van der Waals surface area contributed by atoms with Crippen LogP contribution in [0.1, 0.15) is 16.0 Å². The summed E-state index contributed by atoms with van der Waals surface area (Å²) in [6.07, 6.45) is 0. The van der Waals surface area contributed by atoms with Crippen LogP contribution in [0.2, 0.25) is 0 Å². The van der Waals surface area contributed by atoms with Crippen LogP contribution in [0.25, 0.3) is 41.7 Å². The van der Waals surface area contributed by atoms with E-state index >= 15 is 0 Å². The van der Waals surface area contributed by atoms with E-state index in [2.05, 4.69) is 43.8 Å². The average molecular weight is 532 g/mol. The standard InChI is InChI=1S/C31H25N5S2/c1-16-14-21-28(35-33-19-10-6-4-7-11-19)24-18(3)27-25(17(2)26(24)30(21)37-16)29(22-15-23(32)38-31(22)27)36-34-20-12-8-5-9-13-20/h4-15,33-34H,32H2,1-3H3/b35-28+,36-29+. The minimum atomic E-state index is 0.792. The molecule has 5 aromatic carbocycles. The molecule has 0 aliphatic rings. The van der Waals surface area contributed by atoms with E-state index in [1.54, 1.807) is 11.3 Å². The highest BCUT2D eigenvalue weighted by Gasteiger charge is 2.23. The minimum absolute atomic E-state index is 0.792. The first-order valence-corrected chi connectivity index (χ1v) is 14.1. The van der Waals surface area contributed by atoms with Crippen molar-refractivity contribution in [2.75, 3.05) is 16.6 Å². The van der Waals surface area contributed by atoms with Crippen molar-refractivity contribution in [2.45, 2.75) is 20.8 Å². The van der Waals surface area contributed by atoms with Gasteiger partial charge in [0.2, 0.25) is 0 Å². The Balaban J connectivity index is 1.60. The molecule has 0 aliphatic heterocycles. The van der Waals surface area contributed by atoms with Crippen LogP contribution >= 0.6 is 22.7 Å². The number of aryl methyl sites for hydroxylation is 3. The maximum atomic E-state index is 6.34. The molecule has 0 saturated carbocycles. The van der Waals surface area contributed by atoms with Gasteiger partial charge in [0, 0.05) is 46.6 Å². The zero-order valence-corrected chi connectivity index (χ0v) is 22.8. The lowest BCUT2D eigenvalue weighted by molar-refractivity contribution is 1.25. The van der Waals surface area contributed by atoms with Gasteiger partial charge in [-0.1, -0.05) is 36.4 Å². The van der Waals surface area contributed by atoms with Gasteiger partial charge in [0.05, 0.1) is 16.4 Å². The number of hydrogen-bond acceptors (Lipinski definition) is 7. The fourth-order valence-electron chi connectivity index (χ4n) is 5.58. The van der Waals surface area contributed by atoms with E-state index in [9.17, 15) is 0 Å². The van der Waals surface area contributed by atoms with Crippen molar-refractivity contribution in [3.63, 3.8) is 0 Å². The van der Waals surface area contributed by atoms with Gasteiger partial charge in [-0.3, -0.25) is 10.9 Å². The molecule has 0 unspecified atom stereocenters. The molecule has 7 rings (SSSR count). The van der Waals surface area contributed by atoms with E-state index < -0.39 is 0 Å². The first-order chi connectivity index (χ1) is 18.5. The molecule has 4 N–H and O–H groups in total. The van der Waals surface area contributed by atoms with Gasteiger partial charge >= 0.3 is 0 Å². The lowest BCUT2D eigenvalue weighted by Gasteiger charge is -2.07. The number of fused-ring (bicyclic) bond motifs is 6. The van der Waals surface area contributed by atoms with Crippen LogP contribution in [0.5, 0.6) is 0 Å². The second-order valence-corrected chi connectivity index (χ2v) is 12.0. The van der Waals surface area contributed by atoms with Gasteiger partial charge in [0.25, 0.3) is 0 Å². The maximum absolute atomic E-state index is 6.34. The van der Waals surface area contributed by atoms with E-state index in [1.807, 2.05) is 72.0 Å². The Bertz CT molecular complexity index is 1960. The predicted octanol–water partition coefficient (Wildman–Crippen LogP) is 7.66. The highest BCUT2D eigenvalue weighted by atomic mass is 32.1. The summed E-state index contributed by atoms with van der Waals surface area (Å²) in [5.41, 5.74) is 17.3. The SMILES string of the molecule is Cc1cc2/c(=N\Nc3ccccc3)c3c(C)c4c(c(C)c3c2s1)/c(=N/Nc1ccccc1)c1cc(N)sc14. The number of benzene rings is 3. The van der Waals surface area contributed by atoms with Crippen molar-refractivity contribution < 1.29 is 0 Å². The quantitative estimate of drug-likeness (QED) is 0.204. The molecular formula is C31H25N5S2. The molecule has 0 saturated heterocycles. The van der Waals surface area contributed by atoms with E-state index in [1.165, 1.54) is 52.3 Å². The minimum Gasteiger partial charge on any atom is -0.391 e. The number of nitrogens with one attached hydrogen (secondary N) is 2. The van der Waals surface area contributed by atoms with Gasteiger partial charge in [0.1, 0.15) is 10.7 Å². The number of hydrogen-bond donors (Lipinski definition) is 3. The number of thiophene rings is 2. The fraction of sp³-hybridized carbons (Fsp3) is 0.0968. The second kappa shape index (κ2) is 8.68. The molecule has 0 atom stereocenters. The molecule has 0 spiro atoms. The van der Waals surface area contributed by atoms with E-state index in [0.717, 1.165) is 32.5 Å². The molecule has 0 bridgehead atoms.